The summed E-state index contributed by atoms with van der Waals surface area (Å²) in [6.45, 7) is 4.26. The van der Waals surface area contributed by atoms with Crippen molar-refractivity contribution in [2.45, 2.75) is 50.6 Å². The van der Waals surface area contributed by atoms with Crippen LogP contribution in [-0.4, -0.2) is 72.3 Å². The highest BCUT2D eigenvalue weighted by molar-refractivity contribution is 5.62. The molecule has 2 aromatic heterocycles. The molecule has 2 aliphatic rings. The Morgan fingerprint density at radius 2 is 1.91 bits per heavy atom. The third-order valence-corrected chi connectivity index (χ3v) is 6.32. The highest BCUT2D eigenvalue weighted by atomic mass is 16.5. The van der Waals surface area contributed by atoms with Crippen LogP contribution < -0.4 is 16.0 Å². The van der Waals surface area contributed by atoms with Crippen LogP contribution in [0.5, 0.6) is 0 Å². The van der Waals surface area contributed by atoms with E-state index in [1.54, 1.807) is 19.5 Å². The number of methoxy groups -OCH3 is 1. The Balaban J connectivity index is 1.30. The molecule has 2 fully saturated rings. The van der Waals surface area contributed by atoms with E-state index in [1.807, 2.05) is 12.1 Å². The van der Waals surface area contributed by atoms with E-state index < -0.39 is 0 Å². The Morgan fingerprint density at radius 3 is 2.72 bits per heavy atom. The van der Waals surface area contributed by atoms with Crippen molar-refractivity contribution in [2.75, 3.05) is 50.7 Å². The molecule has 9 nitrogen and oxygen atoms in total. The van der Waals surface area contributed by atoms with Gasteiger partial charge in [-0.3, -0.25) is 0 Å². The predicted molar refractivity (Wildman–Crippen MR) is 125 cm³/mol. The lowest BCUT2D eigenvalue weighted by molar-refractivity contribution is 0.0699. The average Bonchev–Trinajstić information content (AvgIpc) is 2.85. The van der Waals surface area contributed by atoms with Crippen molar-refractivity contribution in [1.82, 2.24) is 25.5 Å². The van der Waals surface area contributed by atoms with Gasteiger partial charge in [0.15, 0.2) is 0 Å². The second kappa shape index (κ2) is 12.0. The number of nitrogens with one attached hydrogen (secondary N) is 3. The number of hydrogen-bond acceptors (Lipinski definition) is 9. The Kier molecular flexibility index (Phi) is 8.58. The molecule has 174 valence electrons. The molecule has 3 N–H and O–H groups in total. The van der Waals surface area contributed by atoms with E-state index in [4.69, 9.17) is 14.5 Å². The number of rotatable bonds is 10. The standard InChI is InChI=1S/C23H35N7O2/c1-31-13-10-24-19-2-4-20(5-3-19)28-23-25-9-6-21(29-23)18-14-22(30-27-16-18)26-15-17-7-11-32-12-8-17/h6,9,14,16-17,19-20,24H,2-5,7-8,10-13,15H2,1H3,(H,26,30)(H,25,28,29). The maximum absolute atomic E-state index is 5.44. The maximum Gasteiger partial charge on any atom is 0.223 e. The van der Waals surface area contributed by atoms with Gasteiger partial charge in [-0.15, -0.1) is 5.10 Å². The summed E-state index contributed by atoms with van der Waals surface area (Å²) in [4.78, 5) is 9.18. The second-order valence-corrected chi connectivity index (χ2v) is 8.67. The molecule has 0 atom stereocenters. The van der Waals surface area contributed by atoms with E-state index in [0.717, 1.165) is 88.5 Å². The van der Waals surface area contributed by atoms with Crippen molar-refractivity contribution >= 4 is 11.8 Å². The molecular formula is C23H35N7O2. The van der Waals surface area contributed by atoms with Gasteiger partial charge in [0.1, 0.15) is 5.82 Å². The predicted octanol–water partition coefficient (Wildman–Crippen LogP) is 2.73. The first-order chi connectivity index (χ1) is 15.8. The molecular weight excluding hydrogens is 406 g/mol. The van der Waals surface area contributed by atoms with E-state index in [9.17, 15) is 0 Å². The number of aromatic nitrogens is 4. The molecule has 1 aliphatic carbocycles. The molecule has 0 bridgehead atoms. The lowest BCUT2D eigenvalue weighted by atomic mass is 9.91. The third-order valence-electron chi connectivity index (χ3n) is 6.32. The van der Waals surface area contributed by atoms with Crippen LogP contribution in [0.4, 0.5) is 11.8 Å². The molecule has 4 rings (SSSR count). The SMILES string of the molecule is COCCNC1CCC(Nc2nccc(-c3cnnc(NCC4CCOCC4)c3)n2)CC1. The zero-order valence-corrected chi connectivity index (χ0v) is 18.9. The first kappa shape index (κ1) is 22.8. The monoisotopic (exact) mass is 441 g/mol. The topological polar surface area (TPSA) is 106 Å². The number of ether oxygens (including phenoxy) is 2. The summed E-state index contributed by atoms with van der Waals surface area (Å²) in [5.41, 5.74) is 1.78. The Hall–Kier alpha value is -2.36. The summed E-state index contributed by atoms with van der Waals surface area (Å²) in [5, 5.41) is 18.9. The molecule has 0 amide bonds. The molecule has 0 radical (unpaired) electrons. The normalized spacial score (nSPS) is 21.9. The highest BCUT2D eigenvalue weighted by Crippen LogP contribution is 2.23. The summed E-state index contributed by atoms with van der Waals surface area (Å²) in [6, 6.07) is 4.90. The molecule has 32 heavy (non-hydrogen) atoms. The smallest absolute Gasteiger partial charge is 0.223 e. The lowest BCUT2D eigenvalue weighted by Crippen LogP contribution is -2.38. The zero-order chi connectivity index (χ0) is 22.0. The summed E-state index contributed by atoms with van der Waals surface area (Å²) >= 11 is 0. The van der Waals surface area contributed by atoms with Gasteiger partial charge in [-0.05, 0) is 56.6 Å². The maximum atomic E-state index is 5.44. The van der Waals surface area contributed by atoms with E-state index in [0.29, 0.717) is 23.9 Å². The zero-order valence-electron chi connectivity index (χ0n) is 18.9. The Morgan fingerprint density at radius 1 is 1.09 bits per heavy atom. The molecule has 0 unspecified atom stereocenters. The van der Waals surface area contributed by atoms with Gasteiger partial charge in [0, 0.05) is 57.3 Å². The fourth-order valence-corrected chi connectivity index (χ4v) is 4.37. The minimum Gasteiger partial charge on any atom is -0.383 e. The Bertz CT molecular complexity index is 823. The van der Waals surface area contributed by atoms with E-state index in [1.165, 1.54) is 0 Å². The van der Waals surface area contributed by atoms with Gasteiger partial charge in [-0.2, -0.15) is 5.10 Å². The van der Waals surface area contributed by atoms with Crippen LogP contribution in [0, 0.1) is 5.92 Å². The van der Waals surface area contributed by atoms with Gasteiger partial charge in [-0.25, -0.2) is 9.97 Å². The number of hydrogen-bond donors (Lipinski definition) is 3. The third kappa shape index (κ3) is 6.82. The van der Waals surface area contributed by atoms with Gasteiger partial charge in [0.2, 0.25) is 5.95 Å². The molecule has 1 saturated heterocycles. The summed E-state index contributed by atoms with van der Waals surface area (Å²) in [6.07, 6.45) is 10.2. The molecule has 9 heteroatoms. The van der Waals surface area contributed by atoms with Crippen LogP contribution >= 0.6 is 0 Å². The Labute approximate surface area is 190 Å². The van der Waals surface area contributed by atoms with Crippen LogP contribution in [0.25, 0.3) is 11.3 Å². The van der Waals surface area contributed by atoms with E-state index in [-0.39, 0.29) is 0 Å². The highest BCUT2D eigenvalue weighted by Gasteiger charge is 2.21. The van der Waals surface area contributed by atoms with Gasteiger partial charge in [0.05, 0.1) is 18.5 Å². The second-order valence-electron chi connectivity index (χ2n) is 8.67. The molecule has 1 aliphatic heterocycles. The van der Waals surface area contributed by atoms with Gasteiger partial charge in [0.25, 0.3) is 0 Å². The van der Waals surface area contributed by atoms with Crippen LogP contribution in [0.15, 0.2) is 24.5 Å². The van der Waals surface area contributed by atoms with Crippen molar-refractivity contribution < 1.29 is 9.47 Å². The quantitative estimate of drug-likeness (QED) is 0.480. The molecule has 2 aromatic rings. The first-order valence-electron chi connectivity index (χ1n) is 11.8. The minimum absolute atomic E-state index is 0.401. The van der Waals surface area contributed by atoms with Crippen molar-refractivity contribution in [2.24, 2.45) is 5.92 Å². The largest absolute Gasteiger partial charge is 0.383 e. The van der Waals surface area contributed by atoms with Crippen LogP contribution in [0.2, 0.25) is 0 Å². The molecule has 3 heterocycles. The van der Waals surface area contributed by atoms with Gasteiger partial charge in [-0.1, -0.05) is 0 Å². The minimum atomic E-state index is 0.401. The molecule has 0 spiro atoms. The number of nitrogens with zero attached hydrogens (tertiary/aromatic N) is 4. The molecule has 0 aromatic carbocycles. The lowest BCUT2D eigenvalue weighted by Gasteiger charge is -2.29. The van der Waals surface area contributed by atoms with Gasteiger partial charge < -0.3 is 25.4 Å². The summed E-state index contributed by atoms with van der Waals surface area (Å²) < 4.78 is 10.6. The van der Waals surface area contributed by atoms with Gasteiger partial charge >= 0.3 is 0 Å². The fraction of sp³-hybridized carbons (Fsp3) is 0.652. The fourth-order valence-electron chi connectivity index (χ4n) is 4.37. The van der Waals surface area contributed by atoms with Crippen LogP contribution in [0.3, 0.4) is 0 Å². The van der Waals surface area contributed by atoms with Crippen molar-refractivity contribution in [3.63, 3.8) is 0 Å². The van der Waals surface area contributed by atoms with Crippen LogP contribution in [-0.2, 0) is 9.47 Å². The first-order valence-corrected chi connectivity index (χ1v) is 11.8. The van der Waals surface area contributed by atoms with Crippen molar-refractivity contribution in [1.29, 1.82) is 0 Å². The average molecular weight is 442 g/mol. The summed E-state index contributed by atoms with van der Waals surface area (Å²) in [5.74, 6) is 2.07. The molecule has 1 saturated carbocycles. The summed E-state index contributed by atoms with van der Waals surface area (Å²) in [7, 11) is 1.74. The number of anilines is 2. The van der Waals surface area contributed by atoms with Crippen molar-refractivity contribution in [3.8, 4) is 11.3 Å². The van der Waals surface area contributed by atoms with Crippen LogP contribution in [0.1, 0.15) is 38.5 Å². The van der Waals surface area contributed by atoms with E-state index in [2.05, 4.69) is 31.1 Å². The van der Waals surface area contributed by atoms with E-state index >= 15 is 0 Å². The van der Waals surface area contributed by atoms with Crippen molar-refractivity contribution in [3.05, 3.63) is 24.5 Å².